The van der Waals surface area contributed by atoms with Gasteiger partial charge in [0.25, 0.3) is 0 Å². The van der Waals surface area contributed by atoms with Crippen LogP contribution in [0.4, 0.5) is 8.78 Å². The summed E-state index contributed by atoms with van der Waals surface area (Å²) in [4.78, 5) is 0. The number of hydrogen-bond donors (Lipinski definition) is 2. The molecule has 0 aliphatic heterocycles. The van der Waals surface area contributed by atoms with Crippen molar-refractivity contribution in [3.05, 3.63) is 58.7 Å². The molecule has 4 heteroatoms. The van der Waals surface area contributed by atoms with E-state index in [1.54, 1.807) is 12.1 Å². The minimum atomic E-state index is -0.126. The molecule has 0 saturated heterocycles. The summed E-state index contributed by atoms with van der Waals surface area (Å²) in [5.41, 5.74) is 3.19. The summed E-state index contributed by atoms with van der Waals surface area (Å²) in [6.45, 7) is 5.50. The molecule has 0 aromatic heterocycles. The standard InChI is InChI=1S/C26H34F2N2/c1-17-7-19(3-5-23(17)27)14-29-25-10-21-9-22(11-25)13-26(12-21,16-25)30-15-20-4-6-24(28)18(2)8-20/h3-7,20-22,29-30H,8-16H2,1-2H3. The highest BCUT2D eigenvalue weighted by molar-refractivity contribution is 5.26. The topological polar surface area (TPSA) is 24.1 Å². The van der Waals surface area contributed by atoms with Crippen LogP contribution >= 0.6 is 0 Å². The Labute approximate surface area is 179 Å². The number of allylic oxidation sites excluding steroid dienone is 3. The summed E-state index contributed by atoms with van der Waals surface area (Å²) in [6, 6.07) is 5.47. The van der Waals surface area contributed by atoms with Gasteiger partial charge in [-0.1, -0.05) is 18.2 Å². The normalized spacial score (nSPS) is 37.3. The average Bonchev–Trinajstić information content (AvgIpc) is 2.69. The fraction of sp³-hybridized carbons (Fsp3) is 0.615. The van der Waals surface area contributed by atoms with Gasteiger partial charge in [-0.05, 0) is 105 Å². The molecule has 6 rings (SSSR count). The number of hydrogen-bond acceptors (Lipinski definition) is 2. The second-order valence-electron chi connectivity index (χ2n) is 10.8. The minimum Gasteiger partial charge on any atom is -0.311 e. The van der Waals surface area contributed by atoms with Crippen LogP contribution in [0.3, 0.4) is 0 Å². The number of nitrogens with one attached hydrogen (secondary N) is 2. The third kappa shape index (κ3) is 3.89. The first kappa shape index (κ1) is 20.4. The minimum absolute atomic E-state index is 0.0553. The van der Waals surface area contributed by atoms with E-state index in [1.807, 2.05) is 32.1 Å². The zero-order valence-corrected chi connectivity index (χ0v) is 18.2. The molecule has 2 N–H and O–H groups in total. The van der Waals surface area contributed by atoms with Crippen molar-refractivity contribution in [2.75, 3.05) is 6.54 Å². The highest BCUT2D eigenvalue weighted by Crippen LogP contribution is 2.57. The molecular weight excluding hydrogens is 378 g/mol. The molecule has 3 unspecified atom stereocenters. The Morgan fingerprint density at radius 2 is 1.70 bits per heavy atom. The lowest BCUT2D eigenvalue weighted by Gasteiger charge is -2.63. The van der Waals surface area contributed by atoms with Crippen LogP contribution in [0.5, 0.6) is 0 Å². The van der Waals surface area contributed by atoms with Crippen LogP contribution in [0, 0.1) is 30.5 Å². The Morgan fingerprint density at radius 3 is 2.37 bits per heavy atom. The van der Waals surface area contributed by atoms with E-state index >= 15 is 0 Å². The van der Waals surface area contributed by atoms with Gasteiger partial charge in [-0.3, -0.25) is 0 Å². The predicted octanol–water partition coefficient (Wildman–Crippen LogP) is 5.72. The highest BCUT2D eigenvalue weighted by atomic mass is 19.1. The van der Waals surface area contributed by atoms with E-state index in [-0.39, 0.29) is 22.7 Å². The summed E-state index contributed by atoms with van der Waals surface area (Å²) in [5, 5.41) is 7.92. The lowest BCUT2D eigenvalue weighted by Crippen LogP contribution is -2.68. The SMILES string of the molecule is CC1=C(F)C=CC(CNC23CC4CC(CC(NCc5ccc(F)c(C)c5)(C4)C2)C3)C1. The fourth-order valence-corrected chi connectivity index (χ4v) is 7.19. The van der Waals surface area contributed by atoms with Crippen LogP contribution in [0.15, 0.2) is 41.8 Å². The summed E-state index contributed by atoms with van der Waals surface area (Å²) in [6.07, 6.45) is 12.2. The molecule has 5 aliphatic rings. The van der Waals surface area contributed by atoms with E-state index in [0.717, 1.165) is 42.5 Å². The monoisotopic (exact) mass is 412 g/mol. The molecule has 4 saturated carbocycles. The van der Waals surface area contributed by atoms with Crippen molar-refractivity contribution in [1.29, 1.82) is 0 Å². The van der Waals surface area contributed by atoms with Crippen molar-refractivity contribution in [3.63, 3.8) is 0 Å². The summed E-state index contributed by atoms with van der Waals surface area (Å²) in [7, 11) is 0. The molecule has 3 atom stereocenters. The molecule has 0 amide bonds. The number of benzene rings is 1. The van der Waals surface area contributed by atoms with Gasteiger partial charge in [-0.15, -0.1) is 0 Å². The van der Waals surface area contributed by atoms with E-state index in [2.05, 4.69) is 10.6 Å². The van der Waals surface area contributed by atoms with Crippen molar-refractivity contribution in [1.82, 2.24) is 10.6 Å². The maximum absolute atomic E-state index is 13.7. The molecule has 30 heavy (non-hydrogen) atoms. The van der Waals surface area contributed by atoms with E-state index in [1.165, 1.54) is 44.1 Å². The lowest BCUT2D eigenvalue weighted by atomic mass is 9.49. The van der Waals surface area contributed by atoms with Gasteiger partial charge in [0.15, 0.2) is 0 Å². The second-order valence-corrected chi connectivity index (χ2v) is 10.8. The molecule has 0 heterocycles. The molecule has 5 aliphatic carbocycles. The third-order valence-corrected chi connectivity index (χ3v) is 8.18. The Morgan fingerprint density at radius 1 is 1.00 bits per heavy atom. The fourth-order valence-electron chi connectivity index (χ4n) is 7.19. The van der Waals surface area contributed by atoms with Gasteiger partial charge >= 0.3 is 0 Å². The first-order chi connectivity index (χ1) is 14.3. The lowest BCUT2D eigenvalue weighted by molar-refractivity contribution is -0.0535. The van der Waals surface area contributed by atoms with Crippen molar-refractivity contribution >= 4 is 0 Å². The molecule has 1 aromatic carbocycles. The maximum Gasteiger partial charge on any atom is 0.126 e. The van der Waals surface area contributed by atoms with Crippen molar-refractivity contribution < 1.29 is 8.78 Å². The molecule has 4 bridgehead atoms. The molecule has 162 valence electrons. The first-order valence-electron chi connectivity index (χ1n) is 11.6. The zero-order valence-electron chi connectivity index (χ0n) is 18.2. The van der Waals surface area contributed by atoms with Gasteiger partial charge in [-0.25, -0.2) is 8.78 Å². The molecule has 0 spiro atoms. The Bertz CT molecular complexity index is 873. The molecule has 4 fully saturated rings. The van der Waals surface area contributed by atoms with E-state index in [4.69, 9.17) is 0 Å². The summed E-state index contributed by atoms with van der Waals surface area (Å²) >= 11 is 0. The molecular formula is C26H34F2N2. The van der Waals surface area contributed by atoms with E-state index in [9.17, 15) is 8.78 Å². The quantitative estimate of drug-likeness (QED) is 0.624. The Kier molecular flexibility index (Phi) is 5.14. The second kappa shape index (κ2) is 7.56. The Hall–Kier alpha value is -1.52. The summed E-state index contributed by atoms with van der Waals surface area (Å²) in [5.74, 6) is 1.80. The number of aryl methyl sites for hydroxylation is 1. The summed E-state index contributed by atoms with van der Waals surface area (Å²) < 4.78 is 27.3. The van der Waals surface area contributed by atoms with Crippen LogP contribution in [-0.4, -0.2) is 17.6 Å². The first-order valence-corrected chi connectivity index (χ1v) is 11.6. The third-order valence-electron chi connectivity index (χ3n) is 8.18. The van der Waals surface area contributed by atoms with Crippen LogP contribution in [-0.2, 0) is 6.54 Å². The van der Waals surface area contributed by atoms with Crippen LogP contribution in [0.1, 0.15) is 63.0 Å². The van der Waals surface area contributed by atoms with Gasteiger partial charge in [0.1, 0.15) is 11.6 Å². The van der Waals surface area contributed by atoms with Crippen LogP contribution in [0.2, 0.25) is 0 Å². The van der Waals surface area contributed by atoms with Crippen LogP contribution < -0.4 is 10.6 Å². The van der Waals surface area contributed by atoms with Gasteiger partial charge in [0.2, 0.25) is 0 Å². The van der Waals surface area contributed by atoms with Gasteiger partial charge in [0.05, 0.1) is 0 Å². The smallest absolute Gasteiger partial charge is 0.126 e. The van der Waals surface area contributed by atoms with Crippen molar-refractivity contribution in [2.45, 2.75) is 76.4 Å². The van der Waals surface area contributed by atoms with Gasteiger partial charge in [-0.2, -0.15) is 0 Å². The highest BCUT2D eigenvalue weighted by Gasteiger charge is 2.57. The number of halogens is 2. The molecule has 2 nitrogen and oxygen atoms in total. The van der Waals surface area contributed by atoms with Gasteiger partial charge < -0.3 is 10.6 Å². The van der Waals surface area contributed by atoms with Gasteiger partial charge in [0, 0.05) is 24.2 Å². The van der Waals surface area contributed by atoms with E-state index in [0.29, 0.717) is 5.92 Å². The molecule has 1 aromatic rings. The Balaban J connectivity index is 1.26. The largest absolute Gasteiger partial charge is 0.311 e. The van der Waals surface area contributed by atoms with Crippen molar-refractivity contribution in [3.8, 4) is 0 Å². The van der Waals surface area contributed by atoms with Crippen molar-refractivity contribution in [2.24, 2.45) is 17.8 Å². The maximum atomic E-state index is 13.7. The molecule has 0 radical (unpaired) electrons. The average molecular weight is 413 g/mol. The van der Waals surface area contributed by atoms with E-state index < -0.39 is 0 Å². The zero-order chi connectivity index (χ0) is 20.9. The van der Waals surface area contributed by atoms with Crippen LogP contribution in [0.25, 0.3) is 0 Å². The predicted molar refractivity (Wildman–Crippen MR) is 117 cm³/mol. The number of rotatable bonds is 6.